The molecule has 96 heavy (non-hydrogen) atoms. The van der Waals surface area contributed by atoms with E-state index in [9.17, 15) is 0 Å². The number of hydrogen-bond acceptors (Lipinski definition) is 4. The fraction of sp³-hybridized carbons (Fsp3) is 0.0222. The molecule has 0 saturated carbocycles. The van der Waals surface area contributed by atoms with Gasteiger partial charge in [-0.2, -0.15) is 0 Å². The number of fused-ring (bicyclic) bond motifs is 6. The van der Waals surface area contributed by atoms with Crippen LogP contribution >= 0.6 is 11.8 Å². The van der Waals surface area contributed by atoms with Crippen LogP contribution in [0.2, 0.25) is 0 Å². The van der Waals surface area contributed by atoms with Crippen molar-refractivity contribution < 1.29 is 13.5 Å². The molecule has 2 aliphatic carbocycles. The van der Waals surface area contributed by atoms with Crippen molar-refractivity contribution >= 4 is 58.0 Å². The maximum atomic E-state index is 15.1. The van der Waals surface area contributed by atoms with Crippen LogP contribution in [0.5, 0.6) is 11.5 Å². The van der Waals surface area contributed by atoms with E-state index < -0.39 is 10.8 Å². The second-order valence-electron chi connectivity index (χ2n) is 24.3. The summed E-state index contributed by atoms with van der Waals surface area (Å²) in [7, 11) is 0. The van der Waals surface area contributed by atoms with E-state index in [1.807, 2.05) is 78.9 Å². The molecule has 2 aliphatic rings. The SMILES string of the molecule is C=Cc1ccc(Oc2ccc(C3(c4ccc(F)cc4)c4ccccc4-c4ccc(N(c5ccccc5)c5ccc(-c6ccc(N(c7ccccc7)c7ccc8c(c7)C(c7ccc(F)cc7)(c7ccc(Sc9ccc(C=C)cc9)cc7)c7ccccc7-8)cc6)cc5)cc43)cc2)cc1. The van der Waals surface area contributed by atoms with Gasteiger partial charge in [-0.05, 0) is 235 Å². The Bertz CT molecular complexity index is 4850. The number of rotatable bonds is 17. The largest absolute Gasteiger partial charge is 0.457 e. The first-order valence-corrected chi connectivity index (χ1v) is 33.0. The quantitative estimate of drug-likeness (QED) is 0.0902. The van der Waals surface area contributed by atoms with E-state index in [4.69, 9.17) is 4.74 Å². The topological polar surface area (TPSA) is 15.7 Å². The molecular formula is C90H62F2N2OS. The molecule has 3 nitrogen and oxygen atoms in total. The zero-order valence-corrected chi connectivity index (χ0v) is 53.2. The molecule has 0 aliphatic heterocycles. The van der Waals surface area contributed by atoms with Gasteiger partial charge in [-0.15, -0.1) is 0 Å². The molecule has 0 heterocycles. The van der Waals surface area contributed by atoms with Crippen LogP contribution in [0.3, 0.4) is 0 Å². The molecular weight excluding hydrogens is 1200 g/mol. The first-order chi connectivity index (χ1) is 47.3. The molecule has 0 saturated heterocycles. The van der Waals surface area contributed by atoms with E-state index in [1.165, 1.54) is 0 Å². The average molecular weight is 1260 g/mol. The highest BCUT2D eigenvalue weighted by Gasteiger charge is 2.48. The lowest BCUT2D eigenvalue weighted by Crippen LogP contribution is -2.29. The molecule has 0 spiro atoms. The standard InChI is InChI=1S/C90H62F2N2OS/c1-3-61-23-49-77(50-24-61)95-78-51-35-67(36-52-78)89(65-31-39-69(91)40-32-65)85-21-13-11-19-81(85)83-57-47-75(59-87(83)89)93(71-15-7-5-8-16-71)73-43-27-63(28-44-73)64-29-45-74(46-30-64)94(72-17-9-6-10-18-72)76-48-58-84-82-20-12-14-22-86(82)90(88(84)60-76,66-33-41-70(92)42-34-66)68-37-55-80(56-38-68)96-79-53-25-62(4-2)26-54-79/h3-60H,1-2H2. The van der Waals surface area contributed by atoms with E-state index in [1.54, 1.807) is 36.0 Å². The van der Waals surface area contributed by atoms with Gasteiger partial charge in [0, 0.05) is 43.9 Å². The van der Waals surface area contributed by atoms with Crippen molar-refractivity contribution in [3.63, 3.8) is 0 Å². The van der Waals surface area contributed by atoms with Gasteiger partial charge in [0.25, 0.3) is 0 Å². The molecule has 2 unspecified atom stereocenters. The Labute approximate surface area is 563 Å². The van der Waals surface area contributed by atoms with Crippen molar-refractivity contribution in [2.24, 2.45) is 0 Å². The Hall–Kier alpha value is -11.8. The van der Waals surface area contributed by atoms with Gasteiger partial charge in [0.15, 0.2) is 0 Å². The minimum absolute atomic E-state index is 0.279. The highest BCUT2D eigenvalue weighted by Crippen LogP contribution is 2.60. The number of hydrogen-bond donors (Lipinski definition) is 0. The van der Waals surface area contributed by atoms with Gasteiger partial charge >= 0.3 is 0 Å². The van der Waals surface area contributed by atoms with E-state index >= 15 is 8.78 Å². The molecule has 0 aromatic heterocycles. The Kier molecular flexibility index (Phi) is 15.4. The Balaban J connectivity index is 0.755. The summed E-state index contributed by atoms with van der Waals surface area (Å²) in [4.78, 5) is 6.91. The highest BCUT2D eigenvalue weighted by molar-refractivity contribution is 7.99. The van der Waals surface area contributed by atoms with Crippen LogP contribution in [0.1, 0.15) is 55.6 Å². The summed E-state index contributed by atoms with van der Waals surface area (Å²) in [5.74, 6) is 0.865. The van der Waals surface area contributed by atoms with Crippen LogP contribution in [0.4, 0.5) is 42.9 Å². The number of para-hydroxylation sites is 2. The fourth-order valence-electron chi connectivity index (χ4n) is 14.6. The van der Waals surface area contributed by atoms with E-state index in [2.05, 4.69) is 272 Å². The van der Waals surface area contributed by atoms with Crippen molar-refractivity contribution in [1.29, 1.82) is 0 Å². The van der Waals surface area contributed by atoms with Gasteiger partial charge in [-0.25, -0.2) is 8.78 Å². The Morgan fingerprint density at radius 1 is 0.292 bits per heavy atom. The fourth-order valence-corrected chi connectivity index (χ4v) is 15.4. The Morgan fingerprint density at radius 3 is 1.01 bits per heavy atom. The molecule has 16 rings (SSSR count). The Morgan fingerprint density at radius 2 is 0.604 bits per heavy atom. The third-order valence-electron chi connectivity index (χ3n) is 19.0. The van der Waals surface area contributed by atoms with Gasteiger partial charge in [0.05, 0.1) is 10.8 Å². The minimum atomic E-state index is -0.818. The lowest BCUT2D eigenvalue weighted by molar-refractivity contribution is 0.482. The minimum Gasteiger partial charge on any atom is -0.457 e. The molecule has 0 radical (unpaired) electrons. The van der Waals surface area contributed by atoms with Gasteiger partial charge < -0.3 is 14.5 Å². The zero-order chi connectivity index (χ0) is 64.7. The smallest absolute Gasteiger partial charge is 0.127 e. The summed E-state index contributed by atoms with van der Waals surface area (Å²) in [5, 5.41) is 0. The highest BCUT2D eigenvalue weighted by atomic mass is 32.2. The normalized spacial score (nSPS) is 14.8. The number of nitrogens with zero attached hydrogens (tertiary/aromatic N) is 2. The molecule has 14 aromatic carbocycles. The number of anilines is 6. The summed E-state index contributed by atoms with van der Waals surface area (Å²) >= 11 is 1.72. The van der Waals surface area contributed by atoms with Gasteiger partial charge in [0.2, 0.25) is 0 Å². The first-order valence-electron chi connectivity index (χ1n) is 32.2. The van der Waals surface area contributed by atoms with Gasteiger partial charge in [-0.1, -0.05) is 231 Å². The van der Waals surface area contributed by atoms with E-state index in [-0.39, 0.29) is 11.6 Å². The molecule has 0 amide bonds. The van der Waals surface area contributed by atoms with Crippen molar-refractivity contribution in [1.82, 2.24) is 0 Å². The van der Waals surface area contributed by atoms with E-state index in [0.717, 1.165) is 139 Å². The molecule has 6 heteroatoms. The molecule has 0 N–H and O–H groups in total. The maximum Gasteiger partial charge on any atom is 0.127 e. The number of ether oxygens (including phenoxy) is 1. The summed E-state index contributed by atoms with van der Waals surface area (Å²) in [6.45, 7) is 7.83. The number of benzene rings is 14. The third-order valence-corrected chi connectivity index (χ3v) is 20.0. The van der Waals surface area contributed by atoms with Crippen LogP contribution < -0.4 is 14.5 Å². The number of halogens is 2. The van der Waals surface area contributed by atoms with Crippen molar-refractivity contribution in [3.8, 4) is 44.9 Å². The van der Waals surface area contributed by atoms with Gasteiger partial charge in [0.1, 0.15) is 23.1 Å². The van der Waals surface area contributed by atoms with Crippen molar-refractivity contribution in [2.45, 2.75) is 20.6 Å². The predicted molar refractivity (Wildman–Crippen MR) is 393 cm³/mol. The lowest BCUT2D eigenvalue weighted by atomic mass is 9.67. The van der Waals surface area contributed by atoms with Crippen LogP contribution in [0, 0.1) is 11.6 Å². The third kappa shape index (κ3) is 10.4. The monoisotopic (exact) mass is 1260 g/mol. The van der Waals surface area contributed by atoms with Crippen molar-refractivity contribution in [3.05, 3.63) is 420 Å². The van der Waals surface area contributed by atoms with Crippen LogP contribution in [-0.2, 0) is 10.8 Å². The second-order valence-corrected chi connectivity index (χ2v) is 25.4. The lowest BCUT2D eigenvalue weighted by Gasteiger charge is -2.35. The molecule has 458 valence electrons. The molecule has 0 bridgehead atoms. The molecule has 14 aromatic rings. The van der Waals surface area contributed by atoms with Crippen LogP contribution in [0.15, 0.2) is 363 Å². The maximum absolute atomic E-state index is 15.1. The average Bonchev–Trinajstić information content (AvgIpc) is 1.53. The first kappa shape index (κ1) is 59.2. The molecule has 0 fully saturated rings. The van der Waals surface area contributed by atoms with Gasteiger partial charge in [-0.3, -0.25) is 0 Å². The van der Waals surface area contributed by atoms with Crippen molar-refractivity contribution in [2.75, 3.05) is 9.80 Å². The van der Waals surface area contributed by atoms with Crippen LogP contribution in [0.25, 0.3) is 45.5 Å². The van der Waals surface area contributed by atoms with Crippen LogP contribution in [-0.4, -0.2) is 0 Å². The summed E-state index contributed by atoms with van der Waals surface area (Å²) in [6, 6.07) is 117. The summed E-state index contributed by atoms with van der Waals surface area (Å²) < 4.78 is 36.5. The summed E-state index contributed by atoms with van der Waals surface area (Å²) in [5.41, 5.74) is 21.7. The zero-order valence-electron chi connectivity index (χ0n) is 52.4. The second kappa shape index (κ2) is 24.9. The predicted octanol–water partition coefficient (Wildman–Crippen LogP) is 24.5. The summed E-state index contributed by atoms with van der Waals surface area (Å²) in [6.07, 6.45) is 3.68. The van der Waals surface area contributed by atoms with E-state index in [0.29, 0.717) is 5.75 Å². The molecule has 2 atom stereocenters.